The fourth-order valence-corrected chi connectivity index (χ4v) is 3.06. The highest BCUT2D eigenvalue weighted by Crippen LogP contribution is 2.09. The van der Waals surface area contributed by atoms with E-state index in [1.807, 2.05) is 6.92 Å². The second-order valence-electron chi connectivity index (χ2n) is 5.64. The predicted molar refractivity (Wildman–Crippen MR) is 86.3 cm³/mol. The van der Waals surface area contributed by atoms with Crippen molar-refractivity contribution in [2.45, 2.75) is 38.8 Å². The van der Waals surface area contributed by atoms with Crippen molar-refractivity contribution in [3.05, 3.63) is 33.2 Å². The van der Waals surface area contributed by atoms with Crippen molar-refractivity contribution in [3.8, 4) is 0 Å². The summed E-state index contributed by atoms with van der Waals surface area (Å²) >= 11 is 3.30. The van der Waals surface area contributed by atoms with E-state index < -0.39 is 0 Å². The smallest absolute Gasteiger partial charge is 0.251 e. The van der Waals surface area contributed by atoms with E-state index in [1.165, 1.54) is 29.9 Å². The lowest BCUT2D eigenvalue weighted by molar-refractivity contribution is -0.122. The van der Waals surface area contributed by atoms with Gasteiger partial charge in [-0.1, -0.05) is 6.42 Å². The summed E-state index contributed by atoms with van der Waals surface area (Å²) in [5.74, 6) is -0.125. The van der Waals surface area contributed by atoms with Crippen LogP contribution in [0.25, 0.3) is 0 Å². The van der Waals surface area contributed by atoms with Crippen LogP contribution in [0.2, 0.25) is 0 Å². The number of rotatable bonds is 5. The van der Waals surface area contributed by atoms with Gasteiger partial charge in [0.05, 0.1) is 0 Å². The molecule has 116 valence electrons. The molecule has 0 spiro atoms. The highest BCUT2D eigenvalue weighted by Gasteiger charge is 2.15. The van der Waals surface area contributed by atoms with Crippen LogP contribution in [-0.4, -0.2) is 41.1 Å². The van der Waals surface area contributed by atoms with Crippen molar-refractivity contribution in [2.24, 2.45) is 0 Å². The Morgan fingerprint density at radius 1 is 1.33 bits per heavy atom. The van der Waals surface area contributed by atoms with E-state index in [9.17, 15) is 9.59 Å². The molecule has 1 aliphatic rings. The minimum atomic E-state index is -0.169. The number of piperidine rings is 1. The Morgan fingerprint density at radius 3 is 2.76 bits per heavy atom. The maximum atomic E-state index is 12.0. The van der Waals surface area contributed by atoms with Crippen LogP contribution in [0.3, 0.4) is 0 Å². The van der Waals surface area contributed by atoms with Gasteiger partial charge < -0.3 is 14.8 Å². The average molecular weight is 356 g/mol. The van der Waals surface area contributed by atoms with Gasteiger partial charge >= 0.3 is 0 Å². The van der Waals surface area contributed by atoms with Gasteiger partial charge in [0.2, 0.25) is 5.91 Å². The maximum absolute atomic E-state index is 12.0. The molecular weight excluding hydrogens is 334 g/mol. The molecule has 1 atom stereocenters. The lowest BCUT2D eigenvalue weighted by Gasteiger charge is -2.29. The van der Waals surface area contributed by atoms with Gasteiger partial charge in [-0.25, -0.2) is 0 Å². The number of carbonyl (C=O) groups excluding carboxylic acids is 1. The first-order valence-electron chi connectivity index (χ1n) is 7.42. The zero-order valence-corrected chi connectivity index (χ0v) is 13.9. The summed E-state index contributed by atoms with van der Waals surface area (Å²) in [7, 11) is 0. The molecule has 0 unspecified atom stereocenters. The SMILES string of the molecule is C[C@@H](CN1CCCCC1)NC(=O)Cn1cc(Br)ccc1=O. The van der Waals surface area contributed by atoms with Crippen LogP contribution < -0.4 is 10.9 Å². The van der Waals surface area contributed by atoms with Gasteiger partial charge in [-0.05, 0) is 54.9 Å². The third-order valence-corrected chi connectivity index (χ3v) is 4.12. The molecular formula is C15H22BrN3O2. The van der Waals surface area contributed by atoms with E-state index in [2.05, 4.69) is 26.1 Å². The van der Waals surface area contributed by atoms with Crippen molar-refractivity contribution in [3.63, 3.8) is 0 Å². The third kappa shape index (κ3) is 5.28. The molecule has 2 heterocycles. The molecule has 0 saturated carbocycles. The number of aromatic nitrogens is 1. The largest absolute Gasteiger partial charge is 0.351 e. The van der Waals surface area contributed by atoms with E-state index in [1.54, 1.807) is 12.3 Å². The Hall–Kier alpha value is -1.14. The van der Waals surface area contributed by atoms with Gasteiger partial charge in [0, 0.05) is 29.3 Å². The van der Waals surface area contributed by atoms with Crippen LogP contribution in [0.5, 0.6) is 0 Å². The second kappa shape index (κ2) is 7.75. The average Bonchev–Trinajstić information content (AvgIpc) is 2.43. The maximum Gasteiger partial charge on any atom is 0.251 e. The Bertz CT molecular complexity index is 538. The van der Waals surface area contributed by atoms with E-state index in [4.69, 9.17) is 0 Å². The molecule has 1 saturated heterocycles. The van der Waals surface area contributed by atoms with E-state index in [0.717, 1.165) is 24.1 Å². The normalized spacial score (nSPS) is 17.4. The molecule has 1 aromatic heterocycles. The first-order chi connectivity index (χ1) is 10.0. The Morgan fingerprint density at radius 2 is 2.05 bits per heavy atom. The van der Waals surface area contributed by atoms with Gasteiger partial charge in [0.25, 0.3) is 5.56 Å². The fraction of sp³-hybridized carbons (Fsp3) is 0.600. The number of hydrogen-bond donors (Lipinski definition) is 1. The van der Waals surface area contributed by atoms with E-state index in [-0.39, 0.29) is 24.1 Å². The Balaban J connectivity index is 1.83. The quantitative estimate of drug-likeness (QED) is 0.872. The minimum absolute atomic E-state index is 0.0581. The van der Waals surface area contributed by atoms with Crippen LogP contribution in [0.4, 0.5) is 0 Å². The Labute approximate surface area is 133 Å². The van der Waals surface area contributed by atoms with Crippen molar-refractivity contribution in [1.82, 2.24) is 14.8 Å². The van der Waals surface area contributed by atoms with Crippen molar-refractivity contribution >= 4 is 21.8 Å². The van der Waals surface area contributed by atoms with Crippen LogP contribution in [0.15, 0.2) is 27.6 Å². The van der Waals surface area contributed by atoms with E-state index >= 15 is 0 Å². The van der Waals surface area contributed by atoms with Gasteiger partial charge in [0.15, 0.2) is 0 Å². The summed E-state index contributed by atoms with van der Waals surface area (Å²) in [4.78, 5) is 26.1. The lowest BCUT2D eigenvalue weighted by atomic mass is 10.1. The molecule has 1 aliphatic heterocycles. The van der Waals surface area contributed by atoms with Gasteiger partial charge in [0.1, 0.15) is 6.54 Å². The highest BCUT2D eigenvalue weighted by molar-refractivity contribution is 9.10. The van der Waals surface area contributed by atoms with Crippen molar-refractivity contribution in [2.75, 3.05) is 19.6 Å². The summed E-state index contributed by atoms with van der Waals surface area (Å²) < 4.78 is 2.20. The monoisotopic (exact) mass is 355 g/mol. The first-order valence-corrected chi connectivity index (χ1v) is 8.21. The number of nitrogens with one attached hydrogen (secondary N) is 1. The molecule has 1 fully saturated rings. The van der Waals surface area contributed by atoms with Gasteiger partial charge in [-0.15, -0.1) is 0 Å². The molecule has 0 aliphatic carbocycles. The number of nitrogens with zero attached hydrogens (tertiary/aromatic N) is 2. The molecule has 5 nitrogen and oxygen atoms in total. The fourth-order valence-electron chi connectivity index (χ4n) is 2.68. The molecule has 1 amide bonds. The number of carbonyl (C=O) groups is 1. The molecule has 2 rings (SSSR count). The van der Waals surface area contributed by atoms with Crippen molar-refractivity contribution in [1.29, 1.82) is 0 Å². The van der Waals surface area contributed by atoms with Crippen LogP contribution in [-0.2, 0) is 11.3 Å². The van der Waals surface area contributed by atoms with Crippen LogP contribution in [0, 0.1) is 0 Å². The molecule has 0 bridgehead atoms. The lowest BCUT2D eigenvalue weighted by Crippen LogP contribution is -2.45. The van der Waals surface area contributed by atoms with Crippen LogP contribution in [0.1, 0.15) is 26.2 Å². The zero-order chi connectivity index (χ0) is 15.2. The third-order valence-electron chi connectivity index (χ3n) is 3.65. The molecule has 21 heavy (non-hydrogen) atoms. The molecule has 0 radical (unpaired) electrons. The number of halogens is 1. The standard InChI is InChI=1S/C15H22BrN3O2/c1-12(9-18-7-3-2-4-8-18)17-14(20)11-19-10-13(16)5-6-15(19)21/h5-6,10,12H,2-4,7-9,11H2,1H3,(H,17,20)/t12-/m0/s1. The number of likely N-dealkylation sites (tertiary alicyclic amines) is 1. The summed E-state index contributed by atoms with van der Waals surface area (Å²) in [6.07, 6.45) is 5.43. The van der Waals surface area contributed by atoms with Gasteiger partial charge in [-0.2, -0.15) is 0 Å². The summed E-state index contributed by atoms with van der Waals surface area (Å²) in [5, 5.41) is 2.97. The molecule has 1 N–H and O–H groups in total. The van der Waals surface area contributed by atoms with E-state index in [0.29, 0.717) is 0 Å². The number of amides is 1. The van der Waals surface area contributed by atoms with Crippen LogP contribution >= 0.6 is 15.9 Å². The van der Waals surface area contributed by atoms with Crippen molar-refractivity contribution < 1.29 is 4.79 Å². The highest BCUT2D eigenvalue weighted by atomic mass is 79.9. The second-order valence-corrected chi connectivity index (χ2v) is 6.56. The molecule has 0 aromatic carbocycles. The summed E-state index contributed by atoms with van der Waals surface area (Å²) in [6.45, 7) is 5.18. The minimum Gasteiger partial charge on any atom is -0.351 e. The molecule has 6 heteroatoms. The predicted octanol–water partition coefficient (Wildman–Crippen LogP) is 1.60. The zero-order valence-electron chi connectivity index (χ0n) is 12.3. The summed E-state index contributed by atoms with van der Waals surface area (Å²) in [6, 6.07) is 3.23. The molecule has 1 aromatic rings. The topological polar surface area (TPSA) is 54.3 Å². The van der Waals surface area contributed by atoms with Gasteiger partial charge in [-0.3, -0.25) is 9.59 Å². The first kappa shape index (κ1) is 16.2. The number of hydrogen-bond acceptors (Lipinski definition) is 3. The number of pyridine rings is 1. The summed E-state index contributed by atoms with van der Waals surface area (Å²) in [5.41, 5.74) is -0.169. The Kier molecular flexibility index (Phi) is 5.99.